The molecule has 136 valence electrons. The molecule has 0 amide bonds. The van der Waals surface area contributed by atoms with E-state index in [-0.39, 0.29) is 0 Å². The largest absolute Gasteiger partial charge is 0.497 e. The van der Waals surface area contributed by atoms with Gasteiger partial charge in [0.05, 0.1) is 16.3 Å². The third-order valence-electron chi connectivity index (χ3n) is 4.48. The van der Waals surface area contributed by atoms with Gasteiger partial charge >= 0.3 is 11.6 Å². The molecule has 3 aromatic rings. The van der Waals surface area contributed by atoms with Gasteiger partial charge in [0.15, 0.2) is 5.58 Å². The summed E-state index contributed by atoms with van der Waals surface area (Å²) in [6.45, 7) is 0. The van der Waals surface area contributed by atoms with Gasteiger partial charge in [0, 0.05) is 11.5 Å². The van der Waals surface area contributed by atoms with E-state index in [2.05, 4.69) is 0 Å². The molecular weight excluding hydrogens is 459 g/mol. The van der Waals surface area contributed by atoms with Crippen molar-refractivity contribution in [2.75, 3.05) is 7.11 Å². The van der Waals surface area contributed by atoms with Crippen LogP contribution in [0.3, 0.4) is 0 Å². The Bertz CT molecular complexity index is 1140. The van der Waals surface area contributed by atoms with Crippen molar-refractivity contribution in [3.05, 3.63) is 73.7 Å². The summed E-state index contributed by atoms with van der Waals surface area (Å²) in [5.41, 5.74) is 2.42. The van der Waals surface area contributed by atoms with Crippen LogP contribution in [0.5, 0.6) is 11.5 Å². The molecule has 27 heavy (non-hydrogen) atoms. The Balaban J connectivity index is 1.67. The van der Waals surface area contributed by atoms with Crippen LogP contribution in [0, 0.1) is 3.57 Å². The number of fused-ring (bicyclic) bond motifs is 2. The predicted molar refractivity (Wildman–Crippen MR) is 110 cm³/mol. The third kappa shape index (κ3) is 3.37. The van der Waals surface area contributed by atoms with Crippen LogP contribution in [0.2, 0.25) is 0 Å². The number of carbonyl (C=O) groups excluding carboxylic acids is 1. The fourth-order valence-corrected chi connectivity index (χ4v) is 3.87. The van der Waals surface area contributed by atoms with Gasteiger partial charge in [-0.3, -0.25) is 0 Å². The summed E-state index contributed by atoms with van der Waals surface area (Å²) in [6, 6.07) is 12.2. The predicted octanol–water partition coefficient (Wildman–Crippen LogP) is 4.34. The molecule has 2 aromatic carbocycles. The van der Waals surface area contributed by atoms with Gasteiger partial charge in [0.25, 0.3) is 0 Å². The molecule has 0 spiro atoms. The number of esters is 1. The monoisotopic (exact) mass is 474 g/mol. The maximum Gasteiger partial charge on any atom is 0.343 e. The molecule has 0 radical (unpaired) electrons. The molecule has 0 fully saturated rings. The molecule has 0 atom stereocenters. The number of aryl methyl sites for hydroxylation is 1. The topological polar surface area (TPSA) is 65.7 Å². The Kier molecular flexibility index (Phi) is 4.73. The zero-order chi connectivity index (χ0) is 19.0. The summed E-state index contributed by atoms with van der Waals surface area (Å²) in [4.78, 5) is 24.3. The Labute approximate surface area is 168 Å². The van der Waals surface area contributed by atoms with Gasteiger partial charge in [-0.15, -0.1) is 0 Å². The molecule has 5 nitrogen and oxygen atoms in total. The lowest BCUT2D eigenvalue weighted by atomic mass is 9.90. The van der Waals surface area contributed by atoms with Crippen LogP contribution in [0.15, 0.2) is 57.8 Å². The molecule has 1 heterocycles. The lowest BCUT2D eigenvalue weighted by Gasteiger charge is -2.18. The van der Waals surface area contributed by atoms with Crippen molar-refractivity contribution in [1.29, 1.82) is 0 Å². The van der Waals surface area contributed by atoms with E-state index in [1.807, 2.05) is 46.9 Å². The zero-order valence-electron chi connectivity index (χ0n) is 14.5. The van der Waals surface area contributed by atoms with Crippen molar-refractivity contribution in [1.82, 2.24) is 0 Å². The summed E-state index contributed by atoms with van der Waals surface area (Å²) >= 11 is 2.02. The fraction of sp³-hybridized carbons (Fsp3) is 0.143. The van der Waals surface area contributed by atoms with Crippen molar-refractivity contribution in [2.45, 2.75) is 12.8 Å². The first kappa shape index (κ1) is 17.8. The quantitative estimate of drug-likeness (QED) is 0.245. The maximum absolute atomic E-state index is 12.8. The molecular formula is C21H15IO5. The molecule has 4 rings (SSSR count). The number of rotatable bonds is 3. The number of hydrogen-bond acceptors (Lipinski definition) is 5. The highest BCUT2D eigenvalue weighted by Crippen LogP contribution is 2.33. The van der Waals surface area contributed by atoms with E-state index < -0.39 is 11.6 Å². The average Bonchev–Trinajstić information content (AvgIpc) is 2.69. The second-order valence-electron chi connectivity index (χ2n) is 6.12. The Morgan fingerprint density at radius 3 is 2.78 bits per heavy atom. The molecule has 0 saturated carbocycles. The molecule has 6 heteroatoms. The van der Waals surface area contributed by atoms with Gasteiger partial charge in [0.2, 0.25) is 0 Å². The van der Waals surface area contributed by atoms with Crippen molar-refractivity contribution >= 4 is 45.1 Å². The van der Waals surface area contributed by atoms with Gasteiger partial charge in [0.1, 0.15) is 11.5 Å². The van der Waals surface area contributed by atoms with Crippen LogP contribution in [0.4, 0.5) is 0 Å². The van der Waals surface area contributed by atoms with Crippen LogP contribution in [-0.2, 0) is 11.2 Å². The minimum Gasteiger partial charge on any atom is -0.497 e. The highest BCUT2D eigenvalue weighted by molar-refractivity contribution is 14.1. The summed E-state index contributed by atoms with van der Waals surface area (Å²) in [7, 11) is 1.62. The van der Waals surface area contributed by atoms with Crippen LogP contribution >= 0.6 is 22.6 Å². The number of carbonyl (C=O) groups is 1. The van der Waals surface area contributed by atoms with E-state index in [1.165, 1.54) is 6.07 Å². The fourth-order valence-electron chi connectivity index (χ4n) is 3.16. The van der Waals surface area contributed by atoms with Crippen molar-refractivity contribution in [3.63, 3.8) is 0 Å². The zero-order valence-corrected chi connectivity index (χ0v) is 16.6. The number of hydrogen-bond donors (Lipinski definition) is 0. The van der Waals surface area contributed by atoms with Gasteiger partial charge in [-0.05, 0) is 76.9 Å². The van der Waals surface area contributed by atoms with Crippen LogP contribution in [0.25, 0.3) is 16.5 Å². The summed E-state index contributed by atoms with van der Waals surface area (Å²) in [5.74, 6) is 0.697. The lowest BCUT2D eigenvalue weighted by Crippen LogP contribution is -2.15. The van der Waals surface area contributed by atoms with E-state index in [9.17, 15) is 9.59 Å². The molecule has 0 aliphatic heterocycles. The molecule has 1 aliphatic carbocycles. The van der Waals surface area contributed by atoms with Gasteiger partial charge in [-0.2, -0.15) is 0 Å². The van der Waals surface area contributed by atoms with Crippen molar-refractivity contribution < 1.29 is 18.7 Å². The summed E-state index contributed by atoms with van der Waals surface area (Å²) < 4.78 is 16.7. The Hall–Kier alpha value is -2.61. The minimum absolute atomic E-state index is 0.365. The standard InChI is InChI=1S/C21H15IO5/c1-25-14-7-8-15-13(11-14)3-2-4-16(15)21(24)26-17-9-5-12-6-10-18(23)27-20(12)19(17)22/h4-11H,2-3H2,1H3. The second-order valence-corrected chi connectivity index (χ2v) is 7.20. The maximum atomic E-state index is 12.8. The number of methoxy groups -OCH3 is 1. The Morgan fingerprint density at radius 2 is 1.96 bits per heavy atom. The van der Waals surface area contributed by atoms with E-state index in [4.69, 9.17) is 13.9 Å². The number of ether oxygens (including phenoxy) is 2. The highest BCUT2D eigenvalue weighted by Gasteiger charge is 2.22. The molecule has 0 saturated heterocycles. The molecule has 1 aromatic heterocycles. The number of benzene rings is 2. The molecule has 1 aliphatic rings. The van der Waals surface area contributed by atoms with E-state index in [1.54, 1.807) is 25.3 Å². The molecule has 0 N–H and O–H groups in total. The normalized spacial score (nSPS) is 13.0. The van der Waals surface area contributed by atoms with Crippen LogP contribution < -0.4 is 15.1 Å². The van der Waals surface area contributed by atoms with Crippen LogP contribution in [-0.4, -0.2) is 13.1 Å². The summed E-state index contributed by atoms with van der Waals surface area (Å²) in [6.07, 6.45) is 3.50. The first-order chi connectivity index (χ1) is 13.1. The van der Waals surface area contributed by atoms with Gasteiger partial charge < -0.3 is 13.9 Å². The molecule has 0 bridgehead atoms. The van der Waals surface area contributed by atoms with E-state index in [0.717, 1.165) is 35.1 Å². The second kappa shape index (κ2) is 7.19. The number of halogens is 1. The van der Waals surface area contributed by atoms with E-state index >= 15 is 0 Å². The SMILES string of the molecule is COc1ccc2c(c1)CCC=C2C(=O)Oc1ccc2ccc(=O)oc2c1I. The smallest absolute Gasteiger partial charge is 0.343 e. The number of allylic oxidation sites excluding steroid dienone is 1. The van der Waals surface area contributed by atoms with Gasteiger partial charge in [-0.1, -0.05) is 12.1 Å². The molecule has 0 unspecified atom stereocenters. The Morgan fingerprint density at radius 1 is 1.15 bits per heavy atom. The lowest BCUT2D eigenvalue weighted by molar-refractivity contribution is -0.128. The van der Waals surface area contributed by atoms with Crippen molar-refractivity contribution in [2.24, 2.45) is 0 Å². The minimum atomic E-state index is -0.443. The highest BCUT2D eigenvalue weighted by atomic mass is 127. The van der Waals surface area contributed by atoms with Gasteiger partial charge in [-0.25, -0.2) is 9.59 Å². The van der Waals surface area contributed by atoms with Crippen LogP contribution in [0.1, 0.15) is 17.5 Å². The average molecular weight is 474 g/mol. The summed E-state index contributed by atoms with van der Waals surface area (Å²) in [5, 5.41) is 0.771. The van der Waals surface area contributed by atoms with E-state index in [0.29, 0.717) is 20.5 Å². The third-order valence-corrected chi connectivity index (χ3v) is 5.50. The van der Waals surface area contributed by atoms with Crippen molar-refractivity contribution in [3.8, 4) is 11.5 Å². The first-order valence-corrected chi connectivity index (χ1v) is 9.46. The first-order valence-electron chi connectivity index (χ1n) is 8.39.